The van der Waals surface area contributed by atoms with Gasteiger partial charge in [-0.3, -0.25) is 0 Å². The molecular formula is C13H14FNO. The lowest BCUT2D eigenvalue weighted by Gasteiger charge is -2.34. The van der Waals surface area contributed by atoms with Gasteiger partial charge in [-0.25, -0.2) is 4.39 Å². The Morgan fingerprint density at radius 3 is 2.88 bits per heavy atom. The zero-order valence-corrected chi connectivity index (χ0v) is 8.95. The lowest BCUT2D eigenvalue weighted by molar-refractivity contribution is 0.232. The highest BCUT2D eigenvalue weighted by molar-refractivity contribution is 5.78. The van der Waals surface area contributed by atoms with Gasteiger partial charge >= 0.3 is 0 Å². The van der Waals surface area contributed by atoms with Gasteiger partial charge < -0.3 is 10.2 Å². The van der Waals surface area contributed by atoms with E-state index in [1.807, 2.05) is 12.1 Å². The van der Waals surface area contributed by atoms with Crippen molar-refractivity contribution < 1.29 is 8.81 Å². The average Bonchev–Trinajstić information content (AvgIpc) is 2.61. The normalized spacial score (nSPS) is 24.6. The van der Waals surface area contributed by atoms with Gasteiger partial charge in [0.15, 0.2) is 11.4 Å². The van der Waals surface area contributed by atoms with Crippen LogP contribution in [0.15, 0.2) is 28.7 Å². The Morgan fingerprint density at radius 2 is 2.25 bits per heavy atom. The molecule has 0 radical (unpaired) electrons. The van der Waals surface area contributed by atoms with E-state index in [0.717, 1.165) is 24.0 Å². The highest BCUT2D eigenvalue weighted by atomic mass is 19.1. The number of benzene rings is 1. The van der Waals surface area contributed by atoms with Crippen molar-refractivity contribution in [1.29, 1.82) is 0 Å². The summed E-state index contributed by atoms with van der Waals surface area (Å²) in [6.45, 7) is 0.685. The minimum atomic E-state index is -0.285. The molecule has 0 bridgehead atoms. The van der Waals surface area contributed by atoms with Crippen LogP contribution >= 0.6 is 0 Å². The second-order valence-corrected chi connectivity index (χ2v) is 4.49. The summed E-state index contributed by atoms with van der Waals surface area (Å²) in [6, 6.07) is 6.96. The van der Waals surface area contributed by atoms with Gasteiger partial charge in [0.25, 0.3) is 0 Å². The van der Waals surface area contributed by atoms with E-state index in [1.165, 1.54) is 6.07 Å². The van der Waals surface area contributed by atoms with E-state index >= 15 is 0 Å². The number of hydrogen-bond donors (Lipinski definition) is 1. The Balaban J connectivity index is 2.02. The predicted octanol–water partition coefficient (Wildman–Crippen LogP) is 3.02. The topological polar surface area (TPSA) is 39.2 Å². The number of halogens is 1. The van der Waals surface area contributed by atoms with E-state index in [1.54, 1.807) is 6.07 Å². The van der Waals surface area contributed by atoms with Gasteiger partial charge in [-0.1, -0.05) is 12.1 Å². The van der Waals surface area contributed by atoms with E-state index in [9.17, 15) is 4.39 Å². The van der Waals surface area contributed by atoms with Crippen LogP contribution in [-0.4, -0.2) is 6.54 Å². The summed E-state index contributed by atoms with van der Waals surface area (Å²) in [5.41, 5.74) is 6.05. The molecule has 0 aliphatic heterocycles. The predicted molar refractivity (Wildman–Crippen MR) is 60.7 cm³/mol. The van der Waals surface area contributed by atoms with Gasteiger partial charge in [-0.2, -0.15) is 0 Å². The number of para-hydroxylation sites is 1. The summed E-state index contributed by atoms with van der Waals surface area (Å²) in [5.74, 6) is 1.49. The molecule has 1 aromatic heterocycles. The lowest BCUT2D eigenvalue weighted by Crippen LogP contribution is -2.30. The molecule has 2 unspecified atom stereocenters. The number of rotatable bonds is 2. The molecule has 1 saturated carbocycles. The van der Waals surface area contributed by atoms with E-state index in [4.69, 9.17) is 10.2 Å². The molecule has 1 aliphatic rings. The Labute approximate surface area is 93.2 Å². The Bertz CT molecular complexity index is 518. The second-order valence-electron chi connectivity index (χ2n) is 4.49. The third kappa shape index (κ3) is 1.35. The number of furan rings is 1. The molecule has 84 valence electrons. The van der Waals surface area contributed by atoms with Crippen molar-refractivity contribution >= 4 is 11.0 Å². The van der Waals surface area contributed by atoms with Gasteiger partial charge in [-0.05, 0) is 37.4 Å². The minimum absolute atomic E-state index is 0.285. The minimum Gasteiger partial charge on any atom is -0.458 e. The van der Waals surface area contributed by atoms with Crippen molar-refractivity contribution in [2.24, 2.45) is 11.7 Å². The standard InChI is InChI=1S/C13H14FNO/c14-11-3-1-2-8-6-12(16-13(8)11)10-5-4-9(10)7-15/h1-3,6,9-10H,4-5,7,15H2. The highest BCUT2D eigenvalue weighted by Crippen LogP contribution is 2.43. The SMILES string of the molecule is NCC1CCC1c1cc2cccc(F)c2o1. The van der Waals surface area contributed by atoms with Crippen molar-refractivity contribution in [1.82, 2.24) is 0 Å². The molecular weight excluding hydrogens is 205 g/mol. The molecule has 2 N–H and O–H groups in total. The van der Waals surface area contributed by atoms with Crippen LogP contribution in [0.3, 0.4) is 0 Å². The molecule has 2 atom stereocenters. The van der Waals surface area contributed by atoms with E-state index < -0.39 is 0 Å². The van der Waals surface area contributed by atoms with Crippen LogP contribution in [0.25, 0.3) is 11.0 Å². The smallest absolute Gasteiger partial charge is 0.169 e. The molecule has 1 aromatic carbocycles. The summed E-state index contributed by atoms with van der Waals surface area (Å²) in [6.07, 6.45) is 2.25. The van der Waals surface area contributed by atoms with Crippen LogP contribution in [0.1, 0.15) is 24.5 Å². The molecule has 16 heavy (non-hydrogen) atoms. The summed E-state index contributed by atoms with van der Waals surface area (Å²) in [4.78, 5) is 0. The zero-order valence-electron chi connectivity index (χ0n) is 8.95. The molecule has 2 nitrogen and oxygen atoms in total. The van der Waals surface area contributed by atoms with Crippen molar-refractivity contribution in [3.63, 3.8) is 0 Å². The fourth-order valence-corrected chi connectivity index (χ4v) is 2.46. The summed E-state index contributed by atoms with van der Waals surface area (Å²) in [7, 11) is 0. The molecule has 1 aliphatic carbocycles. The van der Waals surface area contributed by atoms with Crippen LogP contribution < -0.4 is 5.73 Å². The van der Waals surface area contributed by atoms with Crippen LogP contribution in [0.2, 0.25) is 0 Å². The van der Waals surface area contributed by atoms with E-state index in [0.29, 0.717) is 24.0 Å². The number of nitrogens with two attached hydrogens (primary N) is 1. The Morgan fingerprint density at radius 1 is 1.38 bits per heavy atom. The summed E-state index contributed by atoms with van der Waals surface area (Å²) < 4.78 is 19.0. The summed E-state index contributed by atoms with van der Waals surface area (Å²) >= 11 is 0. The Hall–Kier alpha value is -1.35. The molecule has 1 heterocycles. The van der Waals surface area contributed by atoms with Crippen LogP contribution in [0.4, 0.5) is 4.39 Å². The quantitative estimate of drug-likeness (QED) is 0.843. The molecule has 2 aromatic rings. The maximum atomic E-state index is 13.4. The Kier molecular flexibility index (Phi) is 2.21. The third-order valence-corrected chi connectivity index (χ3v) is 3.60. The monoisotopic (exact) mass is 219 g/mol. The number of fused-ring (bicyclic) bond motifs is 1. The average molecular weight is 219 g/mol. The second kappa shape index (κ2) is 3.59. The van der Waals surface area contributed by atoms with Gasteiger partial charge in [0, 0.05) is 11.3 Å². The summed E-state index contributed by atoms with van der Waals surface area (Å²) in [5, 5.41) is 0.845. The molecule has 3 heteroatoms. The van der Waals surface area contributed by atoms with E-state index in [2.05, 4.69) is 0 Å². The maximum Gasteiger partial charge on any atom is 0.169 e. The van der Waals surface area contributed by atoms with Crippen molar-refractivity contribution in [3.05, 3.63) is 35.8 Å². The van der Waals surface area contributed by atoms with Gasteiger partial charge in [0.1, 0.15) is 5.76 Å². The van der Waals surface area contributed by atoms with Crippen LogP contribution in [-0.2, 0) is 0 Å². The van der Waals surface area contributed by atoms with Gasteiger partial charge in [0.05, 0.1) is 0 Å². The first-order valence-corrected chi connectivity index (χ1v) is 5.67. The fraction of sp³-hybridized carbons (Fsp3) is 0.385. The fourth-order valence-electron chi connectivity index (χ4n) is 2.46. The molecule has 0 saturated heterocycles. The van der Waals surface area contributed by atoms with Crippen LogP contribution in [0, 0.1) is 11.7 Å². The highest BCUT2D eigenvalue weighted by Gasteiger charge is 2.33. The molecule has 0 amide bonds. The van der Waals surface area contributed by atoms with Crippen molar-refractivity contribution in [3.8, 4) is 0 Å². The first kappa shape index (κ1) is 9.85. The molecule has 1 fully saturated rings. The zero-order chi connectivity index (χ0) is 11.1. The van der Waals surface area contributed by atoms with Crippen molar-refractivity contribution in [2.45, 2.75) is 18.8 Å². The van der Waals surface area contributed by atoms with E-state index in [-0.39, 0.29) is 5.82 Å². The lowest BCUT2D eigenvalue weighted by atomic mass is 9.72. The first-order chi connectivity index (χ1) is 7.79. The first-order valence-electron chi connectivity index (χ1n) is 5.67. The largest absolute Gasteiger partial charge is 0.458 e. The van der Waals surface area contributed by atoms with Crippen molar-refractivity contribution in [2.75, 3.05) is 6.54 Å². The maximum absolute atomic E-state index is 13.4. The number of hydrogen-bond acceptors (Lipinski definition) is 2. The van der Waals surface area contributed by atoms with Gasteiger partial charge in [-0.15, -0.1) is 0 Å². The van der Waals surface area contributed by atoms with Gasteiger partial charge in [0.2, 0.25) is 0 Å². The molecule has 3 rings (SSSR count). The van der Waals surface area contributed by atoms with Crippen LogP contribution in [0.5, 0.6) is 0 Å². The third-order valence-electron chi connectivity index (χ3n) is 3.60. The molecule has 0 spiro atoms.